The molecule has 1 aliphatic heterocycles. The van der Waals surface area contributed by atoms with Crippen molar-refractivity contribution in [3.8, 4) is 0 Å². The summed E-state index contributed by atoms with van der Waals surface area (Å²) in [4.78, 5) is 29.8. The number of nitrogens with zero attached hydrogens (tertiary/aromatic N) is 3. The van der Waals surface area contributed by atoms with Gasteiger partial charge in [0, 0.05) is 30.9 Å². The van der Waals surface area contributed by atoms with Gasteiger partial charge in [0.2, 0.25) is 5.91 Å². The van der Waals surface area contributed by atoms with Gasteiger partial charge in [0.1, 0.15) is 5.82 Å². The monoisotopic (exact) mass is 422 g/mol. The third-order valence-corrected chi connectivity index (χ3v) is 6.87. The molecule has 158 valence electrons. The number of carbonyl (C=O) groups is 1. The summed E-state index contributed by atoms with van der Waals surface area (Å²) in [6, 6.07) is 3.39. The minimum absolute atomic E-state index is 0.0636. The Labute approximate surface area is 174 Å². The number of hydrogen-bond donors (Lipinski definition) is 1. The number of nitro groups is 1. The van der Waals surface area contributed by atoms with Crippen molar-refractivity contribution in [2.24, 2.45) is 4.99 Å². The standard InChI is InChI=1S/C20H27FN4O3S/c1-13-18(24(2)20(29-13)22-14-7-5-3-4-6-8-14)12-19(26)23-17-11-15(25(27)28)9-10-16(17)21/h9-11,13-14,18H,3-8,12H2,1-2H3,(H,23,26). The number of nitrogens with one attached hydrogen (secondary N) is 1. The lowest BCUT2D eigenvalue weighted by Crippen LogP contribution is -2.36. The zero-order chi connectivity index (χ0) is 21.0. The number of benzene rings is 1. The van der Waals surface area contributed by atoms with E-state index in [0.717, 1.165) is 36.2 Å². The number of amidine groups is 1. The topological polar surface area (TPSA) is 87.8 Å². The summed E-state index contributed by atoms with van der Waals surface area (Å²) in [6.45, 7) is 2.06. The van der Waals surface area contributed by atoms with Crippen LogP contribution in [0.5, 0.6) is 0 Å². The van der Waals surface area contributed by atoms with Crippen LogP contribution in [0.3, 0.4) is 0 Å². The molecular weight excluding hydrogens is 395 g/mol. The van der Waals surface area contributed by atoms with Crippen LogP contribution in [0.25, 0.3) is 0 Å². The van der Waals surface area contributed by atoms with E-state index in [0.29, 0.717) is 6.04 Å². The summed E-state index contributed by atoms with van der Waals surface area (Å²) in [6.07, 6.45) is 7.37. The number of carbonyl (C=O) groups excluding carboxylic acids is 1. The first kappa shape index (κ1) is 21.5. The van der Waals surface area contributed by atoms with Crippen LogP contribution in [0, 0.1) is 15.9 Å². The van der Waals surface area contributed by atoms with Crippen molar-refractivity contribution in [1.82, 2.24) is 4.90 Å². The highest BCUT2D eigenvalue weighted by Crippen LogP contribution is 2.34. The lowest BCUT2D eigenvalue weighted by molar-refractivity contribution is -0.384. The summed E-state index contributed by atoms with van der Waals surface area (Å²) in [5.41, 5.74) is -0.432. The number of aliphatic imine (C=N–C) groups is 1. The number of hydrogen-bond acceptors (Lipinski definition) is 5. The maximum atomic E-state index is 13.9. The van der Waals surface area contributed by atoms with E-state index in [-0.39, 0.29) is 35.0 Å². The van der Waals surface area contributed by atoms with E-state index in [9.17, 15) is 19.3 Å². The zero-order valence-electron chi connectivity index (χ0n) is 16.8. The number of thioether (sulfide) groups is 1. The molecule has 0 bridgehead atoms. The Morgan fingerprint density at radius 3 is 2.69 bits per heavy atom. The van der Waals surface area contributed by atoms with Gasteiger partial charge in [0.05, 0.1) is 22.7 Å². The highest BCUT2D eigenvalue weighted by molar-refractivity contribution is 8.14. The van der Waals surface area contributed by atoms with Gasteiger partial charge in [-0.05, 0) is 18.9 Å². The molecule has 1 amide bonds. The molecule has 2 fully saturated rings. The fraction of sp³-hybridized carbons (Fsp3) is 0.600. The molecule has 1 aliphatic carbocycles. The van der Waals surface area contributed by atoms with Crippen LogP contribution in [-0.4, -0.2) is 45.3 Å². The van der Waals surface area contributed by atoms with E-state index >= 15 is 0 Å². The largest absolute Gasteiger partial charge is 0.350 e. The summed E-state index contributed by atoms with van der Waals surface area (Å²) in [7, 11) is 1.94. The molecule has 1 heterocycles. The van der Waals surface area contributed by atoms with Crippen molar-refractivity contribution >= 4 is 34.2 Å². The van der Waals surface area contributed by atoms with Gasteiger partial charge in [-0.2, -0.15) is 0 Å². The third kappa shape index (κ3) is 5.46. The Bertz CT molecular complexity index is 796. The number of nitro benzene ring substituents is 1. The van der Waals surface area contributed by atoms with Gasteiger partial charge in [-0.25, -0.2) is 4.39 Å². The Kier molecular flexibility index (Phi) is 7.10. The molecule has 9 heteroatoms. The second-order valence-corrected chi connectivity index (χ2v) is 9.08. The van der Waals surface area contributed by atoms with Crippen molar-refractivity contribution < 1.29 is 14.1 Å². The molecule has 2 atom stereocenters. The number of rotatable bonds is 5. The molecule has 3 rings (SSSR count). The number of amides is 1. The Hall–Kier alpha value is -2.16. The molecule has 7 nitrogen and oxygen atoms in total. The lowest BCUT2D eigenvalue weighted by atomic mass is 10.1. The Morgan fingerprint density at radius 2 is 2.03 bits per heavy atom. The van der Waals surface area contributed by atoms with E-state index in [4.69, 9.17) is 4.99 Å². The van der Waals surface area contributed by atoms with Crippen LogP contribution < -0.4 is 5.32 Å². The number of non-ortho nitro benzene ring substituents is 1. The highest BCUT2D eigenvalue weighted by Gasteiger charge is 2.36. The molecule has 0 radical (unpaired) electrons. The molecule has 1 aromatic rings. The van der Waals surface area contributed by atoms with Gasteiger partial charge >= 0.3 is 0 Å². The average Bonchev–Trinajstić information content (AvgIpc) is 2.85. The summed E-state index contributed by atoms with van der Waals surface area (Å²) in [5.74, 6) is -1.06. The maximum absolute atomic E-state index is 13.9. The molecule has 1 N–H and O–H groups in total. The molecule has 2 aliphatic rings. The number of anilines is 1. The van der Waals surface area contributed by atoms with Crippen LogP contribution in [0.15, 0.2) is 23.2 Å². The van der Waals surface area contributed by atoms with Crippen LogP contribution in [0.1, 0.15) is 51.9 Å². The lowest BCUT2D eigenvalue weighted by Gasteiger charge is -2.23. The second-order valence-electron chi connectivity index (χ2n) is 7.73. The van der Waals surface area contributed by atoms with Crippen molar-refractivity contribution in [3.63, 3.8) is 0 Å². The van der Waals surface area contributed by atoms with Gasteiger partial charge < -0.3 is 10.2 Å². The fourth-order valence-electron chi connectivity index (χ4n) is 3.87. The van der Waals surface area contributed by atoms with Crippen molar-refractivity contribution in [1.29, 1.82) is 0 Å². The van der Waals surface area contributed by atoms with Gasteiger partial charge in [-0.3, -0.25) is 19.9 Å². The average molecular weight is 423 g/mol. The quantitative estimate of drug-likeness (QED) is 0.426. The summed E-state index contributed by atoms with van der Waals surface area (Å²) < 4.78 is 13.9. The van der Waals surface area contributed by atoms with Gasteiger partial charge in [0.15, 0.2) is 5.17 Å². The maximum Gasteiger partial charge on any atom is 0.271 e. The SMILES string of the molecule is CC1SC(=NC2CCCCCC2)N(C)C1CC(=O)Nc1cc([N+](=O)[O-])ccc1F. The molecular formula is C20H27FN4O3S. The van der Waals surface area contributed by atoms with E-state index in [1.165, 1.54) is 25.7 Å². The predicted molar refractivity (Wildman–Crippen MR) is 114 cm³/mol. The van der Waals surface area contributed by atoms with Gasteiger partial charge in [-0.15, -0.1) is 0 Å². The zero-order valence-corrected chi connectivity index (χ0v) is 17.6. The number of halogens is 1. The highest BCUT2D eigenvalue weighted by atomic mass is 32.2. The Morgan fingerprint density at radius 1 is 1.34 bits per heavy atom. The first-order valence-electron chi connectivity index (χ1n) is 10.1. The normalized spacial score (nSPS) is 24.5. The Balaban J connectivity index is 1.64. The first-order chi connectivity index (χ1) is 13.8. The fourth-order valence-corrected chi connectivity index (χ4v) is 5.15. The van der Waals surface area contributed by atoms with E-state index in [1.54, 1.807) is 11.8 Å². The van der Waals surface area contributed by atoms with E-state index in [2.05, 4.69) is 12.2 Å². The summed E-state index contributed by atoms with van der Waals surface area (Å²) in [5, 5.41) is 14.5. The molecule has 0 spiro atoms. The molecule has 1 saturated carbocycles. The van der Waals surface area contributed by atoms with Crippen LogP contribution in [0.2, 0.25) is 0 Å². The molecule has 2 unspecified atom stereocenters. The van der Waals surface area contributed by atoms with Crippen LogP contribution in [-0.2, 0) is 4.79 Å². The minimum Gasteiger partial charge on any atom is -0.350 e. The van der Waals surface area contributed by atoms with Crippen LogP contribution in [0.4, 0.5) is 15.8 Å². The smallest absolute Gasteiger partial charge is 0.271 e. The summed E-state index contributed by atoms with van der Waals surface area (Å²) >= 11 is 1.67. The molecule has 1 aromatic carbocycles. The second kappa shape index (κ2) is 9.56. The minimum atomic E-state index is -0.693. The van der Waals surface area contributed by atoms with Gasteiger partial charge in [-0.1, -0.05) is 44.4 Å². The van der Waals surface area contributed by atoms with Gasteiger partial charge in [0.25, 0.3) is 5.69 Å². The van der Waals surface area contributed by atoms with Crippen molar-refractivity contribution in [3.05, 3.63) is 34.1 Å². The van der Waals surface area contributed by atoms with Crippen LogP contribution >= 0.6 is 11.8 Å². The molecule has 0 aromatic heterocycles. The predicted octanol–water partition coefficient (Wildman–Crippen LogP) is 4.58. The first-order valence-corrected chi connectivity index (χ1v) is 10.9. The van der Waals surface area contributed by atoms with E-state index in [1.807, 2.05) is 11.9 Å². The van der Waals surface area contributed by atoms with Crippen molar-refractivity contribution in [2.45, 2.75) is 69.2 Å². The third-order valence-electron chi connectivity index (χ3n) is 5.58. The molecule has 29 heavy (non-hydrogen) atoms. The van der Waals surface area contributed by atoms with Crippen molar-refractivity contribution in [2.75, 3.05) is 12.4 Å². The molecule has 1 saturated heterocycles. The van der Waals surface area contributed by atoms with E-state index < -0.39 is 10.7 Å².